The Balaban J connectivity index is 0.000000147. The van der Waals surface area contributed by atoms with Crippen molar-refractivity contribution in [2.75, 3.05) is 53.2 Å². The fourth-order valence-corrected chi connectivity index (χ4v) is 6.13. The summed E-state index contributed by atoms with van der Waals surface area (Å²) in [5.74, 6) is 21.1. The molecule has 21 N–H and O–H groups in total. The number of fused-ring (bicyclic) bond motifs is 3. The number of anilines is 6. The summed E-state index contributed by atoms with van der Waals surface area (Å²) in [4.78, 5) is 51.0. The number of hydrazone groups is 3. The second-order valence-electron chi connectivity index (χ2n) is 13.1. The molecule has 0 saturated carbocycles. The van der Waals surface area contributed by atoms with Crippen LogP contribution in [0.15, 0.2) is 91.0 Å². The average Bonchev–Trinajstić information content (AvgIpc) is 3.25. The standard InChI is InChI=1S/3C12H13N7.H3O4P/c3*13-10-8-9(7-4-2-1-3-5-7)17-12(14)18-11(8)16-6-19(10)15;1-5(2,3)4/h3*1-5H,6,15H2,(H4,13,14,16,17,18);(H3,1,2,3,4). The minimum absolute atomic E-state index is 0.198. The summed E-state index contributed by atoms with van der Waals surface area (Å²) in [5.41, 5.74) is 42.1. The van der Waals surface area contributed by atoms with Crippen molar-refractivity contribution in [1.29, 1.82) is 0 Å². The fraction of sp³-hybridized carbons (Fsp3) is 0.0833. The zero-order chi connectivity index (χ0) is 44.7. The molecule has 0 fully saturated rings. The molecule has 9 rings (SSSR count). The number of nitrogen functional groups attached to an aromatic ring is 3. The molecular formula is C36H42N21O4P. The van der Waals surface area contributed by atoms with Crippen LogP contribution in [0.1, 0.15) is 16.7 Å². The number of benzene rings is 3. The number of rotatable bonds is 3. The van der Waals surface area contributed by atoms with Gasteiger partial charge in [-0.1, -0.05) is 91.0 Å². The Morgan fingerprint density at radius 2 is 0.661 bits per heavy atom. The van der Waals surface area contributed by atoms with Crippen LogP contribution in [0.2, 0.25) is 0 Å². The van der Waals surface area contributed by atoms with Gasteiger partial charge in [0.05, 0.1) is 17.1 Å². The normalized spacial score (nSPS) is 13.7. The summed E-state index contributed by atoms with van der Waals surface area (Å²) in [6.07, 6.45) is 0. The molecule has 6 aromatic rings. The second-order valence-corrected chi connectivity index (χ2v) is 14.0. The van der Waals surface area contributed by atoms with E-state index >= 15 is 0 Å². The molecule has 0 aliphatic carbocycles. The monoisotopic (exact) mass is 863 g/mol. The summed E-state index contributed by atoms with van der Waals surface area (Å²) in [5, 5.41) is 9.19. The van der Waals surface area contributed by atoms with E-state index < -0.39 is 7.82 Å². The van der Waals surface area contributed by atoms with Crippen LogP contribution in [-0.2, 0) is 4.57 Å². The summed E-state index contributed by atoms with van der Waals surface area (Å²) >= 11 is 0. The number of hydrogen-bond donors (Lipinski definition) is 12. The third kappa shape index (κ3) is 10.1. The molecule has 3 aromatic heterocycles. The molecule has 0 unspecified atom stereocenters. The highest BCUT2D eigenvalue weighted by Crippen LogP contribution is 2.30. The van der Waals surface area contributed by atoms with Crippen LogP contribution in [-0.4, -0.2) is 81.5 Å². The van der Waals surface area contributed by atoms with E-state index in [0.717, 1.165) is 16.7 Å². The predicted molar refractivity (Wildman–Crippen MR) is 227 cm³/mol. The predicted octanol–water partition coefficient (Wildman–Crippen LogP) is -3.72. The van der Waals surface area contributed by atoms with Crippen molar-refractivity contribution < 1.29 is 33.3 Å². The van der Waals surface area contributed by atoms with E-state index in [1.54, 1.807) is 0 Å². The summed E-state index contributed by atoms with van der Waals surface area (Å²) in [6.45, 7) is 1.14. The van der Waals surface area contributed by atoms with Gasteiger partial charge in [0.15, 0.2) is 37.5 Å². The molecule has 3 aliphatic heterocycles. The highest BCUT2D eigenvalue weighted by Gasteiger charge is 2.30. The van der Waals surface area contributed by atoms with E-state index in [-0.39, 0.29) is 17.8 Å². The number of phosphoric acid groups is 1. The molecule has 6 heterocycles. The van der Waals surface area contributed by atoms with Gasteiger partial charge in [-0.25, -0.2) is 15.0 Å². The minimum atomic E-state index is -5.39. The Morgan fingerprint density at radius 3 is 0.887 bits per heavy atom. The molecule has 320 valence electrons. The zero-order valence-electron chi connectivity index (χ0n) is 32.6. The van der Waals surface area contributed by atoms with Gasteiger partial charge in [0, 0.05) is 16.7 Å². The molecule has 0 saturated heterocycles. The van der Waals surface area contributed by atoms with Gasteiger partial charge in [-0.3, -0.25) is 34.7 Å². The second kappa shape index (κ2) is 18.3. The number of hydrogen-bond acceptors (Lipinski definition) is 22. The number of aromatic nitrogens is 6. The molecule has 3 aliphatic rings. The van der Waals surface area contributed by atoms with Crippen LogP contribution in [0.3, 0.4) is 0 Å². The Morgan fingerprint density at radius 1 is 0.435 bits per heavy atom. The van der Waals surface area contributed by atoms with Crippen molar-refractivity contribution in [3.8, 4) is 33.8 Å². The lowest BCUT2D eigenvalue weighted by molar-refractivity contribution is -0.535. The molecule has 26 heteroatoms. The Kier molecular flexibility index (Phi) is 12.7. The first-order valence-electron chi connectivity index (χ1n) is 18.1. The van der Waals surface area contributed by atoms with Gasteiger partial charge in [0.25, 0.3) is 0 Å². The smallest absolute Gasteiger partial charge is 0.305 e. The molecule has 0 radical (unpaired) electrons. The lowest BCUT2D eigenvalue weighted by atomic mass is 10.0. The van der Waals surface area contributed by atoms with Crippen molar-refractivity contribution in [1.82, 2.24) is 29.9 Å². The minimum Gasteiger partial charge on any atom is -0.822 e. The first-order valence-corrected chi connectivity index (χ1v) is 19.5. The van der Waals surface area contributed by atoms with E-state index in [1.807, 2.05) is 91.0 Å². The Hall–Kier alpha value is -8.38. The van der Waals surface area contributed by atoms with Crippen molar-refractivity contribution in [3.63, 3.8) is 0 Å². The maximum absolute atomic E-state index is 8.55. The molecule has 25 nitrogen and oxygen atoms in total. The number of hydrazine groups is 3. The van der Waals surface area contributed by atoms with Gasteiger partial charge in [-0.2, -0.15) is 22.8 Å². The first kappa shape index (κ1) is 43.2. The van der Waals surface area contributed by atoms with E-state index in [2.05, 4.69) is 45.9 Å². The Labute approximate surface area is 352 Å². The fourth-order valence-electron chi connectivity index (χ4n) is 6.13. The lowest BCUT2D eigenvalue weighted by Crippen LogP contribution is -2.42. The van der Waals surface area contributed by atoms with Gasteiger partial charge >= 0.3 is 17.5 Å². The lowest BCUT2D eigenvalue weighted by Gasteiger charge is -2.36. The van der Waals surface area contributed by atoms with Gasteiger partial charge in [-0.15, -0.1) is 14.1 Å². The summed E-state index contributed by atoms with van der Waals surface area (Å²) in [6, 6.07) is 28.9. The van der Waals surface area contributed by atoms with Crippen LogP contribution < -0.4 is 82.6 Å². The van der Waals surface area contributed by atoms with Crippen molar-refractivity contribution in [3.05, 3.63) is 108 Å². The third-order valence-corrected chi connectivity index (χ3v) is 8.87. The van der Waals surface area contributed by atoms with Crippen LogP contribution in [0.5, 0.6) is 0 Å². The van der Waals surface area contributed by atoms with Crippen molar-refractivity contribution in [2.24, 2.45) is 34.7 Å². The average molecular weight is 864 g/mol. The van der Waals surface area contributed by atoms with Gasteiger partial charge in [0.2, 0.25) is 17.8 Å². The number of nitrogens with two attached hydrogens (primary N) is 9. The maximum Gasteiger partial charge on any atom is 0.305 e. The maximum atomic E-state index is 8.55. The number of amidine groups is 3. The molecule has 0 spiro atoms. The summed E-state index contributed by atoms with van der Waals surface area (Å²) in [7, 11) is -5.39. The van der Waals surface area contributed by atoms with Gasteiger partial charge in [0.1, 0.15) is 16.7 Å². The van der Waals surface area contributed by atoms with Gasteiger partial charge < -0.3 is 52.4 Å². The molecular weight excluding hydrogens is 822 g/mol. The van der Waals surface area contributed by atoms with Crippen LogP contribution in [0.4, 0.5) is 35.3 Å². The quantitative estimate of drug-likeness (QED) is 0.0462. The van der Waals surface area contributed by atoms with Crippen LogP contribution >= 0.6 is 7.82 Å². The number of nitrogens with zero attached hydrogens (tertiary/aromatic N) is 9. The number of nitrogens with one attached hydrogen (secondary N) is 3. The topological polar surface area (TPSA) is 443 Å². The zero-order valence-corrected chi connectivity index (χ0v) is 33.5. The highest BCUT2D eigenvalue weighted by molar-refractivity contribution is 7.40. The van der Waals surface area contributed by atoms with E-state index in [1.165, 1.54) is 14.1 Å². The molecule has 0 amide bonds. The van der Waals surface area contributed by atoms with Gasteiger partial charge in [-0.05, 0) is 0 Å². The molecule has 62 heavy (non-hydrogen) atoms. The van der Waals surface area contributed by atoms with E-state index in [0.29, 0.717) is 88.7 Å². The van der Waals surface area contributed by atoms with E-state index in [9.17, 15) is 0 Å². The molecule has 3 aromatic carbocycles. The first-order chi connectivity index (χ1) is 29.5. The molecule has 0 bridgehead atoms. The van der Waals surface area contributed by atoms with Crippen LogP contribution in [0.25, 0.3) is 33.8 Å². The third-order valence-electron chi connectivity index (χ3n) is 8.87. The molecule has 0 atom stereocenters. The highest BCUT2D eigenvalue weighted by atomic mass is 31.2. The van der Waals surface area contributed by atoms with Crippen LogP contribution in [0, 0.1) is 0 Å². The van der Waals surface area contributed by atoms with Crippen molar-refractivity contribution in [2.45, 2.75) is 0 Å². The summed E-state index contributed by atoms with van der Waals surface area (Å²) < 4.78 is 12.8. The Bertz CT molecular complexity index is 2460. The largest absolute Gasteiger partial charge is 0.822 e. The SMILES string of the molecule is NC1=[N+](N)CNc2nc(N)nc(-c3ccccc3)c21.NC1=[N+](N)CNc2nc(N)nc(-c3ccccc3)c21.NC1=[N+](N)CNc2nc(N)nc(-c3ccccc3)c21.O=P([O-])([O-])[O-]. The van der Waals surface area contributed by atoms with Crippen molar-refractivity contribution >= 4 is 60.6 Å². The van der Waals surface area contributed by atoms with E-state index in [4.69, 9.17) is 71.2 Å².